The first-order valence-electron chi connectivity index (χ1n) is 5.51. The Hall–Kier alpha value is -1.29. The summed E-state index contributed by atoms with van der Waals surface area (Å²) in [5.41, 5.74) is 6.52. The number of halogens is 1. The molecule has 1 aromatic carbocycles. The Morgan fingerprint density at radius 2 is 1.94 bits per heavy atom. The first-order chi connectivity index (χ1) is 7.56. The lowest BCUT2D eigenvalue weighted by Crippen LogP contribution is -2.45. The highest BCUT2D eigenvalue weighted by Crippen LogP contribution is 2.23. The summed E-state index contributed by atoms with van der Waals surface area (Å²) in [6, 6.07) is 4.94. The minimum absolute atomic E-state index is 0.171. The maximum atomic E-state index is 13.3. The van der Waals surface area contributed by atoms with Crippen LogP contribution in [0.2, 0.25) is 0 Å². The van der Waals surface area contributed by atoms with Crippen LogP contribution < -0.4 is 10.6 Å². The van der Waals surface area contributed by atoms with Crippen molar-refractivity contribution >= 4 is 11.4 Å². The molecule has 1 aliphatic heterocycles. The number of ether oxygens (including phenoxy) is 1. The van der Waals surface area contributed by atoms with Gasteiger partial charge in [-0.25, -0.2) is 4.39 Å². The molecule has 3 nitrogen and oxygen atoms in total. The second-order valence-corrected chi connectivity index (χ2v) is 4.37. The molecule has 2 N–H and O–H groups in total. The topological polar surface area (TPSA) is 38.5 Å². The molecule has 0 bridgehead atoms. The molecular weight excluding hydrogens is 207 g/mol. The van der Waals surface area contributed by atoms with E-state index in [1.165, 1.54) is 6.07 Å². The minimum Gasteiger partial charge on any atom is -0.396 e. The van der Waals surface area contributed by atoms with E-state index >= 15 is 0 Å². The molecule has 2 rings (SSSR count). The molecule has 16 heavy (non-hydrogen) atoms. The Labute approximate surface area is 95.0 Å². The largest absolute Gasteiger partial charge is 0.396 e. The van der Waals surface area contributed by atoms with Crippen LogP contribution in [-0.2, 0) is 4.74 Å². The summed E-state index contributed by atoms with van der Waals surface area (Å²) >= 11 is 0. The van der Waals surface area contributed by atoms with E-state index in [4.69, 9.17) is 10.5 Å². The lowest BCUT2D eigenvalue weighted by atomic mass is 10.2. The van der Waals surface area contributed by atoms with E-state index in [-0.39, 0.29) is 23.7 Å². The highest BCUT2D eigenvalue weighted by molar-refractivity contribution is 5.54. The van der Waals surface area contributed by atoms with E-state index in [1.807, 2.05) is 19.9 Å². The molecule has 1 aromatic rings. The fourth-order valence-corrected chi connectivity index (χ4v) is 2.10. The van der Waals surface area contributed by atoms with Crippen LogP contribution in [0.15, 0.2) is 18.2 Å². The van der Waals surface area contributed by atoms with Crippen molar-refractivity contribution in [1.29, 1.82) is 0 Å². The van der Waals surface area contributed by atoms with E-state index in [0.717, 1.165) is 18.8 Å². The Balaban J connectivity index is 2.19. The van der Waals surface area contributed by atoms with Crippen molar-refractivity contribution < 1.29 is 9.13 Å². The molecule has 4 heteroatoms. The zero-order chi connectivity index (χ0) is 11.7. The molecule has 1 aliphatic rings. The third-order valence-corrected chi connectivity index (χ3v) is 2.77. The molecule has 1 fully saturated rings. The number of benzene rings is 1. The molecule has 2 unspecified atom stereocenters. The summed E-state index contributed by atoms with van der Waals surface area (Å²) in [5.74, 6) is -0.357. The summed E-state index contributed by atoms with van der Waals surface area (Å²) in [5, 5.41) is 0. The standard InChI is InChI=1S/C12H17FN2O/c1-8-6-15(7-9(2)16-8)10-3-4-12(14)11(13)5-10/h3-5,8-9H,6-7,14H2,1-2H3. The van der Waals surface area contributed by atoms with Crippen LogP contribution in [0, 0.1) is 5.82 Å². The van der Waals surface area contributed by atoms with Gasteiger partial charge >= 0.3 is 0 Å². The third-order valence-electron chi connectivity index (χ3n) is 2.77. The number of nitrogens with zero attached hydrogens (tertiary/aromatic N) is 1. The lowest BCUT2D eigenvalue weighted by molar-refractivity contribution is -0.00523. The van der Waals surface area contributed by atoms with E-state index in [0.29, 0.717) is 0 Å². The number of anilines is 2. The van der Waals surface area contributed by atoms with Crippen LogP contribution in [0.1, 0.15) is 13.8 Å². The van der Waals surface area contributed by atoms with Crippen molar-refractivity contribution in [3.8, 4) is 0 Å². The van der Waals surface area contributed by atoms with Crippen molar-refractivity contribution in [3.63, 3.8) is 0 Å². The van der Waals surface area contributed by atoms with Gasteiger partial charge in [0.15, 0.2) is 0 Å². The predicted octanol–water partition coefficient (Wildman–Crippen LogP) is 2.02. The molecule has 1 saturated heterocycles. The Bertz CT molecular complexity index is 373. The molecule has 1 heterocycles. The van der Waals surface area contributed by atoms with Gasteiger partial charge in [0.2, 0.25) is 0 Å². The van der Waals surface area contributed by atoms with Gasteiger partial charge in [0.05, 0.1) is 17.9 Å². The second-order valence-electron chi connectivity index (χ2n) is 4.37. The highest BCUT2D eigenvalue weighted by Gasteiger charge is 2.22. The van der Waals surface area contributed by atoms with Gasteiger partial charge in [0, 0.05) is 18.8 Å². The maximum absolute atomic E-state index is 13.3. The molecule has 0 radical (unpaired) electrons. The minimum atomic E-state index is -0.357. The van der Waals surface area contributed by atoms with E-state index < -0.39 is 0 Å². The maximum Gasteiger partial charge on any atom is 0.148 e. The smallest absolute Gasteiger partial charge is 0.148 e. The van der Waals surface area contributed by atoms with Crippen molar-refractivity contribution in [3.05, 3.63) is 24.0 Å². The van der Waals surface area contributed by atoms with Crippen molar-refractivity contribution in [2.45, 2.75) is 26.1 Å². The van der Waals surface area contributed by atoms with Crippen LogP contribution >= 0.6 is 0 Å². The van der Waals surface area contributed by atoms with Crippen LogP contribution in [0.5, 0.6) is 0 Å². The average Bonchev–Trinajstić information content (AvgIpc) is 2.20. The Morgan fingerprint density at radius 3 is 2.50 bits per heavy atom. The van der Waals surface area contributed by atoms with Crippen molar-refractivity contribution in [2.75, 3.05) is 23.7 Å². The number of rotatable bonds is 1. The van der Waals surface area contributed by atoms with E-state index in [2.05, 4.69) is 4.90 Å². The fraction of sp³-hybridized carbons (Fsp3) is 0.500. The molecule has 0 aromatic heterocycles. The zero-order valence-electron chi connectivity index (χ0n) is 9.61. The summed E-state index contributed by atoms with van der Waals surface area (Å²) < 4.78 is 19.0. The SMILES string of the molecule is CC1CN(c2ccc(N)c(F)c2)CC(C)O1. The van der Waals surface area contributed by atoms with Gasteiger partial charge in [-0.05, 0) is 32.0 Å². The van der Waals surface area contributed by atoms with Crippen molar-refractivity contribution in [2.24, 2.45) is 0 Å². The molecule has 0 saturated carbocycles. The summed E-state index contributed by atoms with van der Waals surface area (Å²) in [4.78, 5) is 2.13. The number of hydrogen-bond donors (Lipinski definition) is 1. The van der Waals surface area contributed by atoms with Gasteiger partial charge in [-0.2, -0.15) is 0 Å². The number of hydrogen-bond acceptors (Lipinski definition) is 3. The summed E-state index contributed by atoms with van der Waals surface area (Å²) in [7, 11) is 0. The fourth-order valence-electron chi connectivity index (χ4n) is 2.10. The summed E-state index contributed by atoms with van der Waals surface area (Å²) in [6.07, 6.45) is 0.341. The summed E-state index contributed by atoms with van der Waals surface area (Å²) in [6.45, 7) is 5.62. The molecular formula is C12H17FN2O. The van der Waals surface area contributed by atoms with Crippen LogP contribution in [0.4, 0.5) is 15.8 Å². The molecule has 0 amide bonds. The van der Waals surface area contributed by atoms with Crippen LogP contribution in [0.25, 0.3) is 0 Å². The molecule has 2 atom stereocenters. The van der Waals surface area contributed by atoms with Crippen LogP contribution in [0.3, 0.4) is 0 Å². The number of nitrogens with two attached hydrogens (primary N) is 1. The quantitative estimate of drug-likeness (QED) is 0.742. The lowest BCUT2D eigenvalue weighted by Gasteiger charge is -2.36. The Morgan fingerprint density at radius 1 is 1.31 bits per heavy atom. The van der Waals surface area contributed by atoms with Gasteiger partial charge < -0.3 is 15.4 Å². The zero-order valence-corrected chi connectivity index (χ0v) is 9.61. The second kappa shape index (κ2) is 4.29. The van der Waals surface area contributed by atoms with E-state index in [1.54, 1.807) is 6.07 Å². The Kier molecular flexibility index (Phi) is 3.01. The first-order valence-corrected chi connectivity index (χ1v) is 5.51. The monoisotopic (exact) mass is 224 g/mol. The van der Waals surface area contributed by atoms with Gasteiger partial charge in [-0.15, -0.1) is 0 Å². The van der Waals surface area contributed by atoms with Crippen molar-refractivity contribution in [1.82, 2.24) is 0 Å². The number of morpholine rings is 1. The van der Waals surface area contributed by atoms with Gasteiger partial charge in [0.1, 0.15) is 5.82 Å². The predicted molar refractivity (Wildman–Crippen MR) is 63.0 cm³/mol. The third kappa shape index (κ3) is 2.27. The highest BCUT2D eigenvalue weighted by atomic mass is 19.1. The molecule has 88 valence electrons. The van der Waals surface area contributed by atoms with Gasteiger partial charge in [-0.1, -0.05) is 0 Å². The normalized spacial score (nSPS) is 25.8. The number of nitrogen functional groups attached to an aromatic ring is 1. The van der Waals surface area contributed by atoms with Gasteiger partial charge in [-0.3, -0.25) is 0 Å². The molecule has 0 aliphatic carbocycles. The first kappa shape index (κ1) is 11.2. The molecule has 0 spiro atoms. The van der Waals surface area contributed by atoms with E-state index in [9.17, 15) is 4.39 Å². The van der Waals surface area contributed by atoms with Crippen LogP contribution in [-0.4, -0.2) is 25.3 Å². The van der Waals surface area contributed by atoms with Gasteiger partial charge in [0.25, 0.3) is 0 Å². The average molecular weight is 224 g/mol.